The molecule has 1 heterocycles. The van der Waals surface area contributed by atoms with Crippen molar-refractivity contribution in [3.05, 3.63) is 18.3 Å². The molecule has 0 fully saturated rings. The summed E-state index contributed by atoms with van der Waals surface area (Å²) in [6.07, 6.45) is 1.18. The monoisotopic (exact) mass is 185 g/mol. The second-order valence-corrected chi connectivity index (χ2v) is 2.35. The minimum absolute atomic E-state index is 0.479. The van der Waals surface area contributed by atoms with Gasteiger partial charge >= 0.3 is 0 Å². The normalized spacial score (nSPS) is 10.0. The van der Waals surface area contributed by atoms with E-state index < -0.39 is 5.95 Å². The number of halogens is 1. The fourth-order valence-electron chi connectivity index (χ4n) is 0.826. The third kappa shape index (κ3) is 3.80. The summed E-state index contributed by atoms with van der Waals surface area (Å²) in [5.74, 6) is -0.0545. The zero-order valence-electron chi connectivity index (χ0n) is 7.46. The summed E-state index contributed by atoms with van der Waals surface area (Å²) < 4.78 is 17.6. The van der Waals surface area contributed by atoms with Gasteiger partial charge in [-0.15, -0.1) is 0 Å². The molecule has 0 aliphatic heterocycles. The van der Waals surface area contributed by atoms with Crippen LogP contribution in [0.3, 0.4) is 0 Å². The Hall–Kier alpha value is -1.23. The van der Waals surface area contributed by atoms with Crippen LogP contribution in [-0.2, 0) is 4.74 Å². The second kappa shape index (κ2) is 5.42. The van der Waals surface area contributed by atoms with Crippen molar-refractivity contribution in [1.82, 2.24) is 9.97 Å². The molecule has 0 aliphatic carbocycles. The molecular weight excluding hydrogens is 173 g/mol. The first-order valence-electron chi connectivity index (χ1n) is 4.12. The Labute approximate surface area is 76.2 Å². The molecule has 4 nitrogen and oxygen atoms in total. The fourth-order valence-corrected chi connectivity index (χ4v) is 0.826. The molecule has 0 saturated heterocycles. The average molecular weight is 185 g/mol. The van der Waals surface area contributed by atoms with Crippen molar-refractivity contribution in [2.24, 2.45) is 0 Å². The van der Waals surface area contributed by atoms with Gasteiger partial charge in [0.15, 0.2) is 0 Å². The maximum absolute atomic E-state index is 12.5. The van der Waals surface area contributed by atoms with E-state index in [1.165, 1.54) is 12.4 Å². The Bertz CT molecular complexity index is 257. The number of nitrogens with one attached hydrogen (secondary N) is 1. The molecule has 1 aromatic heterocycles. The lowest BCUT2D eigenvalue weighted by atomic mass is 10.5. The van der Waals surface area contributed by atoms with Crippen molar-refractivity contribution in [1.29, 1.82) is 0 Å². The lowest BCUT2D eigenvalue weighted by Gasteiger charge is -2.04. The van der Waals surface area contributed by atoms with Crippen LogP contribution in [0.2, 0.25) is 0 Å². The van der Waals surface area contributed by atoms with Crippen molar-refractivity contribution < 1.29 is 9.13 Å². The van der Waals surface area contributed by atoms with Gasteiger partial charge in [0.1, 0.15) is 12.1 Å². The van der Waals surface area contributed by atoms with Crippen LogP contribution in [0.4, 0.5) is 10.2 Å². The number of nitrogens with zero attached hydrogens (tertiary/aromatic N) is 2. The highest BCUT2D eigenvalue weighted by molar-refractivity contribution is 5.31. The highest BCUT2D eigenvalue weighted by Crippen LogP contribution is 2.00. The minimum Gasteiger partial charge on any atom is -0.380 e. The first-order valence-corrected chi connectivity index (χ1v) is 4.12. The Morgan fingerprint density at radius 1 is 1.54 bits per heavy atom. The predicted molar refractivity (Wildman–Crippen MR) is 47.0 cm³/mol. The van der Waals surface area contributed by atoms with Gasteiger partial charge in [0.05, 0.1) is 6.61 Å². The van der Waals surface area contributed by atoms with Crippen LogP contribution in [0.5, 0.6) is 0 Å². The van der Waals surface area contributed by atoms with Gasteiger partial charge in [-0.05, 0) is 6.92 Å². The third-order valence-electron chi connectivity index (χ3n) is 1.39. The minimum atomic E-state index is -0.533. The second-order valence-electron chi connectivity index (χ2n) is 2.35. The van der Waals surface area contributed by atoms with E-state index in [4.69, 9.17) is 4.74 Å². The molecule has 1 rings (SSSR count). The van der Waals surface area contributed by atoms with Crippen LogP contribution >= 0.6 is 0 Å². The first-order chi connectivity index (χ1) is 6.33. The average Bonchev–Trinajstić information content (AvgIpc) is 2.13. The van der Waals surface area contributed by atoms with Gasteiger partial charge in [0.25, 0.3) is 0 Å². The van der Waals surface area contributed by atoms with Crippen molar-refractivity contribution in [2.75, 3.05) is 25.1 Å². The molecule has 0 aliphatic rings. The lowest BCUT2D eigenvalue weighted by molar-refractivity contribution is 0.158. The molecule has 0 spiro atoms. The fraction of sp³-hybridized carbons (Fsp3) is 0.500. The highest BCUT2D eigenvalue weighted by Gasteiger charge is 1.95. The van der Waals surface area contributed by atoms with Crippen LogP contribution in [0.15, 0.2) is 12.4 Å². The number of hydrogen-bond donors (Lipinski definition) is 1. The molecule has 13 heavy (non-hydrogen) atoms. The van der Waals surface area contributed by atoms with Gasteiger partial charge in [-0.1, -0.05) is 0 Å². The topological polar surface area (TPSA) is 47.0 Å². The van der Waals surface area contributed by atoms with Crippen molar-refractivity contribution >= 4 is 5.82 Å². The smallest absolute Gasteiger partial charge is 0.217 e. The van der Waals surface area contributed by atoms with Crippen LogP contribution in [0.25, 0.3) is 0 Å². The molecule has 0 amide bonds. The summed E-state index contributed by atoms with van der Waals surface area (Å²) in [5.41, 5.74) is 0. The highest BCUT2D eigenvalue weighted by atomic mass is 19.1. The summed E-state index contributed by atoms with van der Waals surface area (Å²) in [6, 6.07) is 1.24. The van der Waals surface area contributed by atoms with Crippen molar-refractivity contribution in [2.45, 2.75) is 6.92 Å². The summed E-state index contributed by atoms with van der Waals surface area (Å²) in [5, 5.41) is 2.90. The predicted octanol–water partition coefficient (Wildman–Crippen LogP) is 1.06. The van der Waals surface area contributed by atoms with Crippen LogP contribution in [0.1, 0.15) is 6.92 Å². The van der Waals surface area contributed by atoms with E-state index in [9.17, 15) is 4.39 Å². The Balaban J connectivity index is 2.28. The third-order valence-corrected chi connectivity index (χ3v) is 1.39. The molecule has 0 unspecified atom stereocenters. The number of rotatable bonds is 5. The Kier molecular flexibility index (Phi) is 4.11. The SMILES string of the molecule is CCOCCNc1cc(F)ncn1. The molecule has 0 atom stereocenters. The number of anilines is 1. The Morgan fingerprint density at radius 2 is 2.38 bits per heavy atom. The molecule has 72 valence electrons. The summed E-state index contributed by atoms with van der Waals surface area (Å²) in [4.78, 5) is 7.15. The number of aromatic nitrogens is 2. The van der Waals surface area contributed by atoms with Gasteiger partial charge in [0.2, 0.25) is 5.95 Å². The molecule has 1 aromatic rings. The first kappa shape index (κ1) is 9.85. The van der Waals surface area contributed by atoms with Gasteiger partial charge in [-0.25, -0.2) is 9.97 Å². The van der Waals surface area contributed by atoms with Crippen LogP contribution < -0.4 is 5.32 Å². The molecule has 0 saturated carbocycles. The van der Waals surface area contributed by atoms with E-state index in [1.807, 2.05) is 6.92 Å². The van der Waals surface area contributed by atoms with Gasteiger partial charge in [0, 0.05) is 19.2 Å². The zero-order chi connectivity index (χ0) is 9.52. The Morgan fingerprint density at radius 3 is 3.08 bits per heavy atom. The lowest BCUT2D eigenvalue weighted by Crippen LogP contribution is -2.10. The van der Waals surface area contributed by atoms with E-state index in [0.29, 0.717) is 25.6 Å². The summed E-state index contributed by atoms with van der Waals surface area (Å²) in [6.45, 7) is 3.80. The molecule has 0 radical (unpaired) electrons. The summed E-state index contributed by atoms with van der Waals surface area (Å²) in [7, 11) is 0. The van der Waals surface area contributed by atoms with E-state index in [0.717, 1.165) is 0 Å². The molecule has 0 aromatic carbocycles. The van der Waals surface area contributed by atoms with E-state index in [2.05, 4.69) is 15.3 Å². The largest absolute Gasteiger partial charge is 0.380 e. The summed E-state index contributed by atoms with van der Waals surface area (Å²) >= 11 is 0. The van der Waals surface area contributed by atoms with Gasteiger partial charge in [-0.2, -0.15) is 4.39 Å². The van der Waals surface area contributed by atoms with E-state index in [1.54, 1.807) is 0 Å². The van der Waals surface area contributed by atoms with Gasteiger partial charge < -0.3 is 10.1 Å². The molecule has 5 heteroatoms. The molecule has 0 bridgehead atoms. The van der Waals surface area contributed by atoms with Crippen molar-refractivity contribution in [3.63, 3.8) is 0 Å². The van der Waals surface area contributed by atoms with Crippen molar-refractivity contribution in [3.8, 4) is 0 Å². The molecular formula is C8H12FN3O. The standard InChI is InChI=1S/C8H12FN3O/c1-2-13-4-3-10-8-5-7(9)11-6-12-8/h5-6H,2-4H2,1H3,(H,10,11,12). The number of hydrogen-bond acceptors (Lipinski definition) is 4. The van der Waals surface area contributed by atoms with E-state index >= 15 is 0 Å². The van der Waals surface area contributed by atoms with Crippen LogP contribution in [-0.4, -0.2) is 29.7 Å². The zero-order valence-corrected chi connectivity index (χ0v) is 7.46. The van der Waals surface area contributed by atoms with Crippen LogP contribution in [0, 0.1) is 5.95 Å². The molecule has 1 N–H and O–H groups in total. The van der Waals surface area contributed by atoms with E-state index in [-0.39, 0.29) is 0 Å². The maximum Gasteiger partial charge on any atom is 0.217 e. The van der Waals surface area contributed by atoms with Gasteiger partial charge in [-0.3, -0.25) is 0 Å². The maximum atomic E-state index is 12.5. The quantitative estimate of drug-likeness (QED) is 0.550. The number of ether oxygens (including phenoxy) is 1.